The molecule has 0 aliphatic rings. The van der Waals surface area contributed by atoms with Gasteiger partial charge in [0.05, 0.1) is 11.2 Å². The quantitative estimate of drug-likeness (QED) is 0.225. The number of carbonyl (C=O) groups is 1. The summed E-state index contributed by atoms with van der Waals surface area (Å²) in [5.41, 5.74) is 3.67. The third kappa shape index (κ3) is 6.91. The Labute approximate surface area is 214 Å². The molecular formula is C30H28F2N2O3. The summed E-state index contributed by atoms with van der Waals surface area (Å²) in [6, 6.07) is 20.9. The number of aromatic nitrogens is 1. The number of ether oxygens (including phenoxy) is 1. The van der Waals surface area contributed by atoms with Crippen molar-refractivity contribution in [1.29, 1.82) is 0 Å². The maximum absolute atomic E-state index is 13.6. The summed E-state index contributed by atoms with van der Waals surface area (Å²) in [7, 11) is 0. The lowest BCUT2D eigenvalue weighted by Crippen LogP contribution is -2.27. The van der Waals surface area contributed by atoms with Crippen LogP contribution in [-0.4, -0.2) is 22.2 Å². The van der Waals surface area contributed by atoms with E-state index in [0.29, 0.717) is 35.3 Å². The maximum atomic E-state index is 13.6. The maximum Gasteiger partial charge on any atom is 0.344 e. The molecule has 0 radical (unpaired) electrons. The Kier molecular flexibility index (Phi) is 8.46. The summed E-state index contributed by atoms with van der Waals surface area (Å²) in [5.74, 6) is -2.23. The summed E-state index contributed by atoms with van der Waals surface area (Å²) in [4.78, 5) is 16.0. The fourth-order valence-corrected chi connectivity index (χ4v) is 3.90. The number of halogens is 2. The summed E-state index contributed by atoms with van der Waals surface area (Å²) in [5, 5.41) is 13.4. The van der Waals surface area contributed by atoms with Crippen molar-refractivity contribution in [3.05, 3.63) is 101 Å². The SMILES string of the molecule is CCCCC(Oc1ccccc1CNc1cccc(/C=C/c2ccc3cc(F)c(F)cc3n2)c1)C(=O)O. The van der Waals surface area contributed by atoms with E-state index in [1.165, 1.54) is 0 Å². The molecule has 1 atom stereocenters. The molecule has 0 saturated carbocycles. The molecule has 0 aliphatic heterocycles. The van der Waals surface area contributed by atoms with Crippen LogP contribution in [-0.2, 0) is 11.3 Å². The van der Waals surface area contributed by atoms with E-state index in [4.69, 9.17) is 4.74 Å². The van der Waals surface area contributed by atoms with Gasteiger partial charge in [0.15, 0.2) is 17.7 Å². The molecule has 2 N–H and O–H groups in total. The van der Waals surface area contributed by atoms with E-state index in [1.54, 1.807) is 18.2 Å². The fraction of sp³-hybridized carbons (Fsp3) is 0.200. The molecule has 190 valence electrons. The number of para-hydroxylation sites is 1. The highest BCUT2D eigenvalue weighted by molar-refractivity contribution is 5.81. The van der Waals surface area contributed by atoms with Crippen LogP contribution in [0.3, 0.4) is 0 Å². The molecule has 5 nitrogen and oxygen atoms in total. The Bertz CT molecular complexity index is 1420. The molecule has 1 unspecified atom stereocenters. The van der Waals surface area contributed by atoms with Crippen LogP contribution in [0.1, 0.15) is 43.0 Å². The zero-order chi connectivity index (χ0) is 26.2. The summed E-state index contributed by atoms with van der Waals surface area (Å²) in [6.45, 7) is 2.47. The first-order valence-corrected chi connectivity index (χ1v) is 12.2. The number of carboxylic acid groups (broad SMARTS) is 1. The molecule has 7 heteroatoms. The van der Waals surface area contributed by atoms with Crippen molar-refractivity contribution < 1.29 is 23.4 Å². The zero-order valence-electron chi connectivity index (χ0n) is 20.5. The Hall–Kier alpha value is -4.26. The highest BCUT2D eigenvalue weighted by Crippen LogP contribution is 2.23. The molecule has 4 rings (SSSR count). The number of rotatable bonds is 11. The van der Waals surface area contributed by atoms with Gasteiger partial charge >= 0.3 is 5.97 Å². The van der Waals surface area contributed by atoms with Gasteiger partial charge in [0.1, 0.15) is 5.75 Å². The number of anilines is 1. The number of benzene rings is 3. The van der Waals surface area contributed by atoms with Crippen molar-refractivity contribution in [1.82, 2.24) is 4.98 Å². The van der Waals surface area contributed by atoms with Gasteiger partial charge in [-0.05, 0) is 54.8 Å². The Morgan fingerprint density at radius 3 is 2.65 bits per heavy atom. The summed E-state index contributed by atoms with van der Waals surface area (Å²) >= 11 is 0. The highest BCUT2D eigenvalue weighted by atomic mass is 19.2. The smallest absolute Gasteiger partial charge is 0.344 e. The standard InChI is InChI=1S/C30H28F2N2O3/c1-2-3-10-29(30(35)36)37-28-11-5-4-8-22(28)19-33-24-9-6-7-20(16-24)12-14-23-15-13-21-17-25(31)26(32)18-27(21)34-23/h4-9,11-18,29,33H,2-3,10,19H2,1H3,(H,35,36)/b14-12+. The van der Waals surface area contributed by atoms with Gasteiger partial charge in [-0.25, -0.2) is 18.6 Å². The van der Waals surface area contributed by atoms with Crippen molar-refractivity contribution >= 4 is 34.7 Å². The largest absolute Gasteiger partial charge is 0.479 e. The average molecular weight is 503 g/mol. The van der Waals surface area contributed by atoms with Gasteiger partial charge in [0.25, 0.3) is 0 Å². The number of carboxylic acids is 1. The van der Waals surface area contributed by atoms with Crippen molar-refractivity contribution in [2.45, 2.75) is 38.8 Å². The van der Waals surface area contributed by atoms with E-state index >= 15 is 0 Å². The van der Waals surface area contributed by atoms with Crippen LogP contribution in [0.25, 0.3) is 23.1 Å². The predicted molar refractivity (Wildman–Crippen MR) is 142 cm³/mol. The van der Waals surface area contributed by atoms with Gasteiger partial charge in [-0.1, -0.05) is 55.8 Å². The number of aliphatic carboxylic acids is 1. The van der Waals surface area contributed by atoms with Crippen LogP contribution in [0.5, 0.6) is 5.75 Å². The molecule has 0 fully saturated rings. The molecule has 0 amide bonds. The number of hydrogen-bond acceptors (Lipinski definition) is 4. The monoisotopic (exact) mass is 502 g/mol. The minimum atomic E-state index is -0.964. The number of unbranched alkanes of at least 4 members (excludes halogenated alkanes) is 1. The molecule has 0 saturated heterocycles. The first-order chi connectivity index (χ1) is 17.9. The van der Waals surface area contributed by atoms with Crippen LogP contribution >= 0.6 is 0 Å². The van der Waals surface area contributed by atoms with Crippen LogP contribution in [0.15, 0.2) is 72.8 Å². The van der Waals surface area contributed by atoms with Gasteiger partial charge in [0.2, 0.25) is 0 Å². The van der Waals surface area contributed by atoms with Crippen LogP contribution in [0.4, 0.5) is 14.5 Å². The first-order valence-electron chi connectivity index (χ1n) is 12.2. The van der Waals surface area contributed by atoms with Crippen molar-refractivity contribution in [2.24, 2.45) is 0 Å². The second kappa shape index (κ2) is 12.1. The Morgan fingerprint density at radius 2 is 1.84 bits per heavy atom. The van der Waals surface area contributed by atoms with E-state index in [0.717, 1.165) is 41.8 Å². The van der Waals surface area contributed by atoms with Crippen molar-refractivity contribution in [2.75, 3.05) is 5.32 Å². The van der Waals surface area contributed by atoms with Gasteiger partial charge in [-0.15, -0.1) is 0 Å². The lowest BCUT2D eigenvalue weighted by atomic mass is 10.1. The van der Waals surface area contributed by atoms with Gasteiger partial charge < -0.3 is 15.2 Å². The zero-order valence-corrected chi connectivity index (χ0v) is 20.5. The molecule has 1 aromatic heterocycles. The van der Waals surface area contributed by atoms with E-state index in [9.17, 15) is 18.7 Å². The molecule has 37 heavy (non-hydrogen) atoms. The third-order valence-corrected chi connectivity index (χ3v) is 5.91. The topological polar surface area (TPSA) is 71.5 Å². The van der Waals surface area contributed by atoms with Crippen molar-refractivity contribution in [3.63, 3.8) is 0 Å². The lowest BCUT2D eigenvalue weighted by Gasteiger charge is -2.18. The third-order valence-electron chi connectivity index (χ3n) is 5.91. The Morgan fingerprint density at radius 1 is 1.03 bits per heavy atom. The van der Waals surface area contributed by atoms with E-state index < -0.39 is 23.7 Å². The summed E-state index contributed by atoms with van der Waals surface area (Å²) in [6.07, 6.45) is 4.96. The van der Waals surface area contributed by atoms with E-state index in [2.05, 4.69) is 10.3 Å². The molecular weight excluding hydrogens is 474 g/mol. The van der Waals surface area contributed by atoms with Gasteiger partial charge in [-0.2, -0.15) is 0 Å². The number of nitrogens with zero attached hydrogens (tertiary/aromatic N) is 1. The van der Waals surface area contributed by atoms with E-state index in [-0.39, 0.29) is 0 Å². The number of nitrogens with one attached hydrogen (secondary N) is 1. The van der Waals surface area contributed by atoms with Crippen LogP contribution in [0.2, 0.25) is 0 Å². The first kappa shape index (κ1) is 25.8. The normalized spacial score (nSPS) is 12.1. The van der Waals surface area contributed by atoms with Gasteiger partial charge in [0, 0.05) is 29.2 Å². The summed E-state index contributed by atoms with van der Waals surface area (Å²) < 4.78 is 32.8. The van der Waals surface area contributed by atoms with Crippen LogP contribution in [0, 0.1) is 11.6 Å². The lowest BCUT2D eigenvalue weighted by molar-refractivity contribution is -0.145. The molecule has 3 aromatic carbocycles. The van der Waals surface area contributed by atoms with Crippen molar-refractivity contribution in [3.8, 4) is 5.75 Å². The number of pyridine rings is 1. The van der Waals surface area contributed by atoms with Crippen LogP contribution < -0.4 is 10.1 Å². The molecule has 1 heterocycles. The molecule has 0 spiro atoms. The minimum Gasteiger partial charge on any atom is -0.479 e. The molecule has 0 bridgehead atoms. The molecule has 0 aliphatic carbocycles. The van der Waals surface area contributed by atoms with E-state index in [1.807, 2.05) is 61.5 Å². The van der Waals surface area contributed by atoms with Gasteiger partial charge in [-0.3, -0.25) is 0 Å². The second-order valence-corrected chi connectivity index (χ2v) is 8.70. The molecule has 4 aromatic rings. The highest BCUT2D eigenvalue weighted by Gasteiger charge is 2.20. The fourth-order valence-electron chi connectivity index (χ4n) is 3.90. The minimum absolute atomic E-state index is 0.386. The number of fused-ring (bicyclic) bond motifs is 1. The average Bonchev–Trinajstić information content (AvgIpc) is 2.90. The Balaban J connectivity index is 1.44. The predicted octanol–water partition coefficient (Wildman–Crippen LogP) is 7.32. The second-order valence-electron chi connectivity index (χ2n) is 8.70. The number of hydrogen-bond donors (Lipinski definition) is 2.